The Morgan fingerprint density at radius 1 is 1.10 bits per heavy atom. The van der Waals surface area contributed by atoms with E-state index in [0.717, 1.165) is 5.56 Å². The van der Waals surface area contributed by atoms with E-state index in [9.17, 15) is 18.0 Å². The first-order valence-corrected chi connectivity index (χ1v) is 9.18. The average molecular weight is 418 g/mol. The van der Waals surface area contributed by atoms with Crippen LogP contribution in [-0.4, -0.2) is 50.6 Å². The van der Waals surface area contributed by atoms with Gasteiger partial charge in [-0.3, -0.25) is 4.99 Å². The zero-order valence-corrected chi connectivity index (χ0v) is 17.2. The van der Waals surface area contributed by atoms with Crippen LogP contribution < -0.4 is 20.7 Å². The number of carbonyl (C=O) groups excluding carboxylic acids is 1. The van der Waals surface area contributed by atoms with E-state index in [1.54, 1.807) is 40.0 Å². The Labute approximate surface area is 169 Å². The molecule has 10 heteroatoms. The summed E-state index contributed by atoms with van der Waals surface area (Å²) in [6, 6.07) is 6.41. The summed E-state index contributed by atoms with van der Waals surface area (Å²) in [6.45, 7) is 5.41. The predicted octanol–water partition coefficient (Wildman–Crippen LogP) is 3.21. The molecular formula is C19H29F3N4O3. The van der Waals surface area contributed by atoms with E-state index in [2.05, 4.69) is 20.9 Å². The van der Waals surface area contributed by atoms with Crippen molar-refractivity contribution in [1.82, 2.24) is 16.0 Å². The van der Waals surface area contributed by atoms with Gasteiger partial charge in [0.25, 0.3) is 0 Å². The number of guanidine groups is 1. The highest BCUT2D eigenvalue weighted by Gasteiger charge is 2.28. The number of benzene rings is 1. The minimum absolute atomic E-state index is 0.151. The highest BCUT2D eigenvalue weighted by atomic mass is 19.4. The third-order valence-corrected chi connectivity index (χ3v) is 3.30. The molecule has 0 unspecified atom stereocenters. The normalized spacial score (nSPS) is 12.3. The monoisotopic (exact) mass is 418 g/mol. The molecule has 0 aromatic heterocycles. The van der Waals surface area contributed by atoms with Crippen molar-refractivity contribution < 1.29 is 27.4 Å². The molecule has 164 valence electrons. The number of hydrogen-bond acceptors (Lipinski definition) is 4. The van der Waals surface area contributed by atoms with Gasteiger partial charge in [0.15, 0.2) is 12.6 Å². The van der Waals surface area contributed by atoms with Gasteiger partial charge in [0.1, 0.15) is 11.4 Å². The van der Waals surface area contributed by atoms with Gasteiger partial charge in [-0.2, -0.15) is 13.2 Å². The Kier molecular flexibility index (Phi) is 9.57. The first kappa shape index (κ1) is 24.4. The van der Waals surface area contributed by atoms with Crippen LogP contribution in [-0.2, 0) is 11.3 Å². The molecule has 29 heavy (non-hydrogen) atoms. The predicted molar refractivity (Wildman–Crippen MR) is 105 cm³/mol. The van der Waals surface area contributed by atoms with Gasteiger partial charge in [0.2, 0.25) is 0 Å². The molecule has 0 spiro atoms. The lowest BCUT2D eigenvalue weighted by Crippen LogP contribution is -2.39. The molecule has 0 fully saturated rings. The molecule has 0 saturated heterocycles. The zero-order valence-electron chi connectivity index (χ0n) is 17.2. The lowest BCUT2D eigenvalue weighted by Gasteiger charge is -2.19. The maximum Gasteiger partial charge on any atom is 0.422 e. The maximum atomic E-state index is 12.2. The fourth-order valence-electron chi connectivity index (χ4n) is 2.12. The molecule has 0 aliphatic rings. The van der Waals surface area contributed by atoms with Crippen molar-refractivity contribution in [1.29, 1.82) is 0 Å². The third kappa shape index (κ3) is 12.4. The van der Waals surface area contributed by atoms with E-state index >= 15 is 0 Å². The van der Waals surface area contributed by atoms with Gasteiger partial charge in [-0.05, 0) is 44.9 Å². The number of rotatable bonds is 8. The van der Waals surface area contributed by atoms with E-state index in [1.807, 2.05) is 0 Å². The van der Waals surface area contributed by atoms with E-state index in [-0.39, 0.29) is 5.75 Å². The second-order valence-corrected chi connectivity index (χ2v) is 7.19. The summed E-state index contributed by atoms with van der Waals surface area (Å²) < 4.78 is 46.6. The van der Waals surface area contributed by atoms with Crippen LogP contribution in [0.15, 0.2) is 29.3 Å². The third-order valence-electron chi connectivity index (χ3n) is 3.30. The lowest BCUT2D eigenvalue weighted by atomic mass is 10.2. The first-order valence-electron chi connectivity index (χ1n) is 9.18. The Balaban J connectivity index is 2.32. The molecule has 1 aromatic carbocycles. The van der Waals surface area contributed by atoms with Gasteiger partial charge >= 0.3 is 12.3 Å². The number of hydrogen-bond donors (Lipinski definition) is 3. The van der Waals surface area contributed by atoms with Crippen LogP contribution in [0.25, 0.3) is 0 Å². The molecule has 0 aliphatic carbocycles. The fraction of sp³-hybridized carbons (Fsp3) is 0.579. The van der Waals surface area contributed by atoms with Crippen molar-refractivity contribution in [3.05, 3.63) is 29.8 Å². The molecule has 0 radical (unpaired) electrons. The topological polar surface area (TPSA) is 84.0 Å². The van der Waals surface area contributed by atoms with Gasteiger partial charge in [-0.15, -0.1) is 0 Å². The summed E-state index contributed by atoms with van der Waals surface area (Å²) in [4.78, 5) is 15.6. The molecule has 1 amide bonds. The number of carbonyl (C=O) groups is 1. The number of alkyl halides is 3. The first-order chi connectivity index (χ1) is 13.5. The van der Waals surface area contributed by atoms with Crippen LogP contribution in [0, 0.1) is 0 Å². The Bertz CT molecular complexity index is 673. The van der Waals surface area contributed by atoms with Crippen molar-refractivity contribution in [2.45, 2.75) is 45.5 Å². The van der Waals surface area contributed by atoms with Crippen LogP contribution in [0.3, 0.4) is 0 Å². The summed E-state index contributed by atoms with van der Waals surface area (Å²) in [7, 11) is 1.61. The molecule has 1 aromatic rings. The van der Waals surface area contributed by atoms with Crippen LogP contribution in [0.5, 0.6) is 5.75 Å². The number of aliphatic imine (C=N–C) groups is 1. The molecule has 0 saturated carbocycles. The second kappa shape index (κ2) is 11.4. The van der Waals surface area contributed by atoms with Crippen molar-refractivity contribution in [3.63, 3.8) is 0 Å². The standard InChI is InChI=1S/C19H29F3N4O3/c1-18(2,3)29-17(27)25-10-6-9-24-16(23-4)26-12-14-7-5-8-15(11-14)28-13-19(20,21)22/h5,7-8,11H,6,9-10,12-13H2,1-4H3,(H,25,27)(H2,23,24,26). The Morgan fingerprint density at radius 2 is 1.79 bits per heavy atom. The average Bonchev–Trinajstić information content (AvgIpc) is 2.60. The fourth-order valence-corrected chi connectivity index (χ4v) is 2.12. The summed E-state index contributed by atoms with van der Waals surface area (Å²) in [5, 5.41) is 8.82. The molecule has 7 nitrogen and oxygen atoms in total. The maximum absolute atomic E-state index is 12.2. The summed E-state index contributed by atoms with van der Waals surface area (Å²) in [5.74, 6) is 0.682. The summed E-state index contributed by atoms with van der Waals surface area (Å²) in [6.07, 6.45) is -4.19. The summed E-state index contributed by atoms with van der Waals surface area (Å²) >= 11 is 0. The quantitative estimate of drug-likeness (QED) is 0.343. The highest BCUT2D eigenvalue weighted by molar-refractivity contribution is 5.79. The smallest absolute Gasteiger partial charge is 0.422 e. The number of nitrogens with one attached hydrogen (secondary N) is 3. The molecule has 0 heterocycles. The van der Waals surface area contributed by atoms with Crippen molar-refractivity contribution in [2.24, 2.45) is 4.99 Å². The number of nitrogens with zero attached hydrogens (tertiary/aromatic N) is 1. The number of halogens is 3. The van der Waals surface area contributed by atoms with Gasteiger partial charge in [0.05, 0.1) is 0 Å². The van der Waals surface area contributed by atoms with E-state index in [4.69, 9.17) is 9.47 Å². The highest BCUT2D eigenvalue weighted by Crippen LogP contribution is 2.19. The van der Waals surface area contributed by atoms with Gasteiger partial charge in [-0.1, -0.05) is 12.1 Å². The number of alkyl carbamates (subject to hydrolysis) is 1. The minimum atomic E-state index is -4.38. The number of ether oxygens (including phenoxy) is 2. The van der Waals surface area contributed by atoms with Gasteiger partial charge in [-0.25, -0.2) is 4.79 Å². The summed E-state index contributed by atoms with van der Waals surface area (Å²) in [5.41, 5.74) is 0.211. The Morgan fingerprint density at radius 3 is 2.41 bits per heavy atom. The SMILES string of the molecule is CN=C(NCCCNC(=O)OC(C)(C)C)NCc1cccc(OCC(F)(F)F)c1. The van der Waals surface area contributed by atoms with Gasteiger partial charge < -0.3 is 25.4 Å². The van der Waals surface area contributed by atoms with Gasteiger partial charge in [0, 0.05) is 26.7 Å². The zero-order chi connectivity index (χ0) is 21.9. The van der Waals surface area contributed by atoms with E-state index in [0.29, 0.717) is 32.0 Å². The largest absolute Gasteiger partial charge is 0.484 e. The van der Waals surface area contributed by atoms with Crippen LogP contribution in [0.4, 0.5) is 18.0 Å². The van der Waals surface area contributed by atoms with Crippen LogP contribution in [0.2, 0.25) is 0 Å². The minimum Gasteiger partial charge on any atom is -0.484 e. The second-order valence-electron chi connectivity index (χ2n) is 7.19. The molecule has 3 N–H and O–H groups in total. The molecule has 0 aliphatic heterocycles. The van der Waals surface area contributed by atoms with Crippen LogP contribution in [0.1, 0.15) is 32.8 Å². The van der Waals surface area contributed by atoms with E-state index < -0.39 is 24.5 Å². The van der Waals surface area contributed by atoms with Crippen molar-refractivity contribution in [3.8, 4) is 5.75 Å². The Hall–Kier alpha value is -2.65. The molecule has 0 bridgehead atoms. The molecule has 1 rings (SSSR count). The lowest BCUT2D eigenvalue weighted by molar-refractivity contribution is -0.153. The molecular weight excluding hydrogens is 389 g/mol. The van der Waals surface area contributed by atoms with Crippen LogP contribution >= 0.6 is 0 Å². The van der Waals surface area contributed by atoms with E-state index in [1.165, 1.54) is 12.1 Å². The van der Waals surface area contributed by atoms with Crippen molar-refractivity contribution in [2.75, 3.05) is 26.7 Å². The number of amides is 1. The molecule has 0 atom stereocenters. The van der Waals surface area contributed by atoms with Crippen molar-refractivity contribution >= 4 is 12.1 Å².